The van der Waals surface area contributed by atoms with E-state index in [-0.39, 0.29) is 46.4 Å². The number of hydrogen-bond acceptors (Lipinski definition) is 1. The second kappa shape index (κ2) is 12.3. The van der Waals surface area contributed by atoms with Crippen LogP contribution >= 0.6 is 0 Å². The molecule has 0 N–H and O–H groups in total. The normalized spacial score (nSPS) is 20.5. The second-order valence-electron chi connectivity index (χ2n) is 11.6. The standard InChI is InChI=1S/C34H33F6N/c1-2-3-20-15-28(35)27(29(36)16-20)12-5-19-4-11-26-24(14-19)17-30(37)31(33(26)39)22-8-6-21(7-9-22)25-13-10-23(18-41)32(38)34(25)40/h10,13,15-17,19,21-22H,2-9,11-12,14H2,1H3. The van der Waals surface area contributed by atoms with E-state index in [0.717, 1.165) is 6.42 Å². The highest BCUT2D eigenvalue weighted by Crippen LogP contribution is 2.44. The van der Waals surface area contributed by atoms with E-state index in [1.165, 1.54) is 30.3 Å². The number of halogens is 6. The van der Waals surface area contributed by atoms with Gasteiger partial charge in [0.05, 0.1) is 5.56 Å². The molecule has 1 atom stereocenters. The Hall–Kier alpha value is -3.27. The minimum absolute atomic E-state index is 0.0689. The summed E-state index contributed by atoms with van der Waals surface area (Å²) in [7, 11) is 0. The van der Waals surface area contributed by atoms with Crippen LogP contribution in [-0.2, 0) is 25.7 Å². The zero-order valence-electron chi connectivity index (χ0n) is 23.1. The molecule has 0 amide bonds. The van der Waals surface area contributed by atoms with E-state index in [0.29, 0.717) is 74.5 Å². The molecule has 1 nitrogen and oxygen atoms in total. The molecular weight excluding hydrogens is 536 g/mol. The summed E-state index contributed by atoms with van der Waals surface area (Å²) in [5.74, 6) is -4.92. The molecule has 216 valence electrons. The number of hydrogen-bond donors (Lipinski definition) is 0. The van der Waals surface area contributed by atoms with Gasteiger partial charge in [-0.3, -0.25) is 0 Å². The Kier molecular flexibility index (Phi) is 8.77. The molecule has 0 saturated heterocycles. The van der Waals surface area contributed by atoms with Gasteiger partial charge in [0, 0.05) is 11.1 Å². The number of nitrogens with zero attached hydrogens (tertiary/aromatic N) is 1. The highest BCUT2D eigenvalue weighted by Gasteiger charge is 2.33. The fourth-order valence-electron chi connectivity index (χ4n) is 6.90. The maximum Gasteiger partial charge on any atom is 0.176 e. The summed E-state index contributed by atoms with van der Waals surface area (Å²) in [6.07, 6.45) is 5.52. The van der Waals surface area contributed by atoms with Crippen molar-refractivity contribution in [2.45, 2.75) is 89.4 Å². The van der Waals surface area contributed by atoms with E-state index in [1.807, 2.05) is 6.92 Å². The lowest BCUT2D eigenvalue weighted by Crippen LogP contribution is -2.21. The van der Waals surface area contributed by atoms with Crippen molar-refractivity contribution in [3.8, 4) is 6.07 Å². The molecule has 0 aliphatic heterocycles. The molecule has 1 fully saturated rings. The Labute approximate surface area is 237 Å². The van der Waals surface area contributed by atoms with Gasteiger partial charge < -0.3 is 0 Å². The summed E-state index contributed by atoms with van der Waals surface area (Å²) in [5.41, 5.74) is 1.77. The van der Waals surface area contributed by atoms with E-state index in [4.69, 9.17) is 5.26 Å². The van der Waals surface area contributed by atoms with Crippen molar-refractivity contribution < 1.29 is 26.3 Å². The van der Waals surface area contributed by atoms with Crippen LogP contribution in [0.25, 0.3) is 0 Å². The summed E-state index contributed by atoms with van der Waals surface area (Å²) in [5, 5.41) is 8.92. The molecule has 3 aromatic carbocycles. The van der Waals surface area contributed by atoms with Gasteiger partial charge in [0.15, 0.2) is 11.6 Å². The molecular formula is C34H33F6N. The average molecular weight is 570 g/mol. The van der Waals surface area contributed by atoms with Gasteiger partial charge in [-0.1, -0.05) is 19.4 Å². The Morgan fingerprint density at radius 3 is 2.12 bits per heavy atom. The zero-order chi connectivity index (χ0) is 29.3. The van der Waals surface area contributed by atoms with Crippen molar-refractivity contribution in [2.75, 3.05) is 0 Å². The van der Waals surface area contributed by atoms with Crippen LogP contribution in [0, 0.1) is 52.2 Å². The minimum atomic E-state index is -1.16. The van der Waals surface area contributed by atoms with Gasteiger partial charge in [-0.15, -0.1) is 0 Å². The molecule has 2 aliphatic rings. The van der Waals surface area contributed by atoms with Gasteiger partial charge in [0.2, 0.25) is 0 Å². The molecule has 41 heavy (non-hydrogen) atoms. The van der Waals surface area contributed by atoms with Gasteiger partial charge in [0.1, 0.15) is 29.3 Å². The zero-order valence-corrected chi connectivity index (χ0v) is 23.1. The van der Waals surface area contributed by atoms with E-state index in [1.54, 1.807) is 6.07 Å². The molecule has 3 aromatic rings. The SMILES string of the molecule is CCCc1cc(F)c(CCC2CCc3c(cc(F)c(C4CCC(c5ccc(C#N)c(F)c5F)CC4)c3F)C2)c(F)c1. The third-order valence-corrected chi connectivity index (χ3v) is 9.11. The first-order chi connectivity index (χ1) is 19.7. The average Bonchev–Trinajstić information content (AvgIpc) is 2.94. The van der Waals surface area contributed by atoms with Crippen LogP contribution in [0.5, 0.6) is 0 Å². The van der Waals surface area contributed by atoms with Gasteiger partial charge in [-0.25, -0.2) is 26.3 Å². The van der Waals surface area contributed by atoms with Crippen molar-refractivity contribution in [1.29, 1.82) is 5.26 Å². The van der Waals surface area contributed by atoms with Gasteiger partial charge in [-0.05, 0) is 128 Å². The van der Waals surface area contributed by atoms with E-state index < -0.39 is 34.9 Å². The Bertz CT molecular complexity index is 1460. The van der Waals surface area contributed by atoms with Crippen LogP contribution in [0.2, 0.25) is 0 Å². The van der Waals surface area contributed by atoms with E-state index >= 15 is 8.78 Å². The Balaban J connectivity index is 1.25. The van der Waals surface area contributed by atoms with Crippen LogP contribution in [0.3, 0.4) is 0 Å². The maximum absolute atomic E-state index is 15.7. The highest BCUT2D eigenvalue weighted by molar-refractivity contribution is 5.40. The fourth-order valence-corrected chi connectivity index (χ4v) is 6.90. The lowest BCUT2D eigenvalue weighted by atomic mass is 9.73. The fraction of sp³-hybridized carbons (Fsp3) is 0.441. The predicted octanol–water partition coefficient (Wildman–Crippen LogP) is 9.52. The second-order valence-corrected chi connectivity index (χ2v) is 11.6. The molecule has 0 radical (unpaired) electrons. The topological polar surface area (TPSA) is 23.8 Å². The van der Waals surface area contributed by atoms with Crippen molar-refractivity contribution in [1.82, 2.24) is 0 Å². The number of aryl methyl sites for hydroxylation is 1. The molecule has 1 saturated carbocycles. The molecule has 0 aromatic heterocycles. The number of rotatable bonds is 7. The molecule has 2 aliphatic carbocycles. The highest BCUT2D eigenvalue weighted by atomic mass is 19.2. The molecule has 0 heterocycles. The molecule has 0 spiro atoms. The lowest BCUT2D eigenvalue weighted by molar-refractivity contribution is 0.360. The molecule has 7 heteroatoms. The largest absolute Gasteiger partial charge is 0.207 e. The summed E-state index contributed by atoms with van der Waals surface area (Å²) in [6.45, 7) is 1.95. The summed E-state index contributed by atoms with van der Waals surface area (Å²) in [6, 6.07) is 8.55. The summed E-state index contributed by atoms with van der Waals surface area (Å²) >= 11 is 0. The monoisotopic (exact) mass is 569 g/mol. The van der Waals surface area contributed by atoms with Crippen LogP contribution in [0.1, 0.15) is 103 Å². The Morgan fingerprint density at radius 2 is 1.46 bits per heavy atom. The first-order valence-corrected chi connectivity index (χ1v) is 14.6. The van der Waals surface area contributed by atoms with Gasteiger partial charge >= 0.3 is 0 Å². The van der Waals surface area contributed by atoms with Crippen LogP contribution < -0.4 is 0 Å². The predicted molar refractivity (Wildman–Crippen MR) is 146 cm³/mol. The number of nitriles is 1. The van der Waals surface area contributed by atoms with Crippen LogP contribution in [0.15, 0.2) is 30.3 Å². The molecule has 0 bridgehead atoms. The maximum atomic E-state index is 15.7. The van der Waals surface area contributed by atoms with Crippen LogP contribution in [0.4, 0.5) is 26.3 Å². The Morgan fingerprint density at radius 1 is 0.780 bits per heavy atom. The van der Waals surface area contributed by atoms with E-state index in [2.05, 4.69) is 0 Å². The third-order valence-electron chi connectivity index (χ3n) is 9.11. The first kappa shape index (κ1) is 29.2. The van der Waals surface area contributed by atoms with E-state index in [9.17, 15) is 17.6 Å². The quantitative estimate of drug-likeness (QED) is 0.260. The van der Waals surface area contributed by atoms with Crippen molar-refractivity contribution >= 4 is 0 Å². The van der Waals surface area contributed by atoms with Crippen LogP contribution in [-0.4, -0.2) is 0 Å². The number of fused-ring (bicyclic) bond motifs is 1. The summed E-state index contributed by atoms with van der Waals surface area (Å²) in [4.78, 5) is 0. The van der Waals surface area contributed by atoms with Crippen molar-refractivity contribution in [2.24, 2.45) is 5.92 Å². The smallest absolute Gasteiger partial charge is 0.176 e. The third kappa shape index (κ3) is 5.89. The van der Waals surface area contributed by atoms with Crippen molar-refractivity contribution in [3.05, 3.63) is 104 Å². The van der Waals surface area contributed by atoms with Crippen molar-refractivity contribution in [3.63, 3.8) is 0 Å². The van der Waals surface area contributed by atoms with Gasteiger partial charge in [-0.2, -0.15) is 5.26 Å². The van der Waals surface area contributed by atoms with Gasteiger partial charge in [0.25, 0.3) is 0 Å². The minimum Gasteiger partial charge on any atom is -0.207 e. The first-order valence-electron chi connectivity index (χ1n) is 14.6. The molecule has 5 rings (SSSR count). The molecule has 1 unspecified atom stereocenters. The lowest BCUT2D eigenvalue weighted by Gasteiger charge is -2.32. The summed E-state index contributed by atoms with van der Waals surface area (Å²) < 4.78 is 88.9. The number of benzene rings is 3.